The first-order valence-corrected chi connectivity index (χ1v) is 7.88. The first-order chi connectivity index (χ1) is 11.6. The third-order valence-corrected chi connectivity index (χ3v) is 4.63. The summed E-state index contributed by atoms with van der Waals surface area (Å²) < 4.78 is 1.64. The number of nitrogens with zero attached hydrogens (tertiary/aromatic N) is 1. The number of aromatic nitrogens is 3. The van der Waals surface area contributed by atoms with E-state index in [0.717, 1.165) is 22.0 Å². The highest BCUT2D eigenvalue weighted by atomic mass is 16.2. The van der Waals surface area contributed by atoms with E-state index in [1.807, 2.05) is 37.4 Å². The molecule has 24 heavy (non-hydrogen) atoms. The van der Waals surface area contributed by atoms with Crippen LogP contribution in [0.2, 0.25) is 0 Å². The summed E-state index contributed by atoms with van der Waals surface area (Å²) >= 11 is 0. The average molecular weight is 319 g/mol. The molecule has 0 fully saturated rings. The van der Waals surface area contributed by atoms with E-state index in [-0.39, 0.29) is 11.6 Å². The fourth-order valence-electron chi connectivity index (χ4n) is 3.46. The number of hydrogen-bond acceptors (Lipinski definition) is 2. The number of hydrogen-bond donors (Lipinski definition) is 2. The summed E-state index contributed by atoms with van der Waals surface area (Å²) in [5.41, 5.74) is 3.11. The van der Waals surface area contributed by atoms with Crippen LogP contribution >= 0.6 is 0 Å². The summed E-state index contributed by atoms with van der Waals surface area (Å²) in [6.07, 6.45) is 1.94. The number of aryl methyl sites for hydroxylation is 1. The van der Waals surface area contributed by atoms with E-state index in [1.54, 1.807) is 16.7 Å². The predicted octanol–water partition coefficient (Wildman–Crippen LogP) is 3.09. The van der Waals surface area contributed by atoms with Crippen molar-refractivity contribution in [3.05, 3.63) is 80.6 Å². The van der Waals surface area contributed by atoms with Gasteiger partial charge in [-0.2, -0.15) is 0 Å². The number of benzene rings is 2. The third kappa shape index (κ3) is 2.01. The van der Waals surface area contributed by atoms with Crippen LogP contribution in [0.25, 0.3) is 21.8 Å². The first-order valence-electron chi connectivity index (χ1n) is 7.88. The molecule has 5 nitrogen and oxygen atoms in total. The van der Waals surface area contributed by atoms with Crippen LogP contribution in [0.3, 0.4) is 0 Å². The van der Waals surface area contributed by atoms with Crippen molar-refractivity contribution in [1.29, 1.82) is 0 Å². The smallest absolute Gasteiger partial charge is 0.329 e. The number of rotatable bonds is 2. The maximum atomic E-state index is 12.5. The number of fused-ring (bicyclic) bond motifs is 2. The molecular weight excluding hydrogens is 302 g/mol. The molecule has 120 valence electrons. The Balaban J connectivity index is 2.04. The van der Waals surface area contributed by atoms with Gasteiger partial charge < -0.3 is 4.98 Å². The van der Waals surface area contributed by atoms with E-state index in [1.165, 1.54) is 0 Å². The quantitative estimate of drug-likeness (QED) is 0.596. The second-order valence-corrected chi connectivity index (χ2v) is 6.06. The van der Waals surface area contributed by atoms with Gasteiger partial charge in [-0.25, -0.2) is 4.79 Å². The van der Waals surface area contributed by atoms with Crippen LogP contribution in [0, 0.1) is 6.92 Å². The Morgan fingerprint density at radius 3 is 2.67 bits per heavy atom. The lowest BCUT2D eigenvalue weighted by atomic mass is 10.0. The van der Waals surface area contributed by atoms with Crippen molar-refractivity contribution in [3.8, 4) is 0 Å². The van der Waals surface area contributed by atoms with Gasteiger partial charge in [0.1, 0.15) is 0 Å². The molecule has 4 aromatic rings. The standard InChI is InChI=1S/C19H17N3O2/c1-11-6-5-8-15-17(11)14(10-20-15)12(2)22-16-9-4-3-7-13(16)18(23)21-19(22)24/h3-10,12,20H,1-2H3,(H,21,23,24)/t12-/m1/s1. The second kappa shape index (κ2) is 5.23. The summed E-state index contributed by atoms with van der Waals surface area (Å²) in [5, 5.41) is 1.63. The van der Waals surface area contributed by atoms with E-state index in [4.69, 9.17) is 0 Å². The molecule has 2 aromatic carbocycles. The minimum Gasteiger partial charge on any atom is -0.361 e. The Labute approximate surface area is 137 Å². The molecule has 2 heterocycles. The molecule has 0 aliphatic rings. The molecule has 0 aliphatic carbocycles. The normalized spacial score (nSPS) is 12.8. The van der Waals surface area contributed by atoms with Crippen molar-refractivity contribution in [2.45, 2.75) is 19.9 Å². The molecule has 0 amide bonds. The van der Waals surface area contributed by atoms with Gasteiger partial charge in [-0.15, -0.1) is 0 Å². The predicted molar refractivity (Wildman–Crippen MR) is 95.7 cm³/mol. The van der Waals surface area contributed by atoms with Gasteiger partial charge in [0.2, 0.25) is 0 Å². The molecule has 2 aromatic heterocycles. The summed E-state index contributed by atoms with van der Waals surface area (Å²) in [4.78, 5) is 30.3. The molecule has 0 spiro atoms. The van der Waals surface area contributed by atoms with Gasteiger partial charge in [-0.1, -0.05) is 24.3 Å². The minimum absolute atomic E-state index is 0.214. The first kappa shape index (κ1) is 14.5. The van der Waals surface area contributed by atoms with Crippen LogP contribution in [0.4, 0.5) is 0 Å². The fraction of sp³-hybridized carbons (Fsp3) is 0.158. The van der Waals surface area contributed by atoms with E-state index in [2.05, 4.69) is 23.0 Å². The highest BCUT2D eigenvalue weighted by Crippen LogP contribution is 2.29. The SMILES string of the molecule is Cc1cccc2[nH]cc([C@@H](C)n3c(=O)[nH]c(=O)c4ccccc43)c12. The maximum absolute atomic E-state index is 12.5. The molecule has 4 rings (SSSR count). The van der Waals surface area contributed by atoms with E-state index in [0.29, 0.717) is 10.9 Å². The third-order valence-electron chi connectivity index (χ3n) is 4.63. The van der Waals surface area contributed by atoms with Crippen molar-refractivity contribution in [2.24, 2.45) is 0 Å². The van der Waals surface area contributed by atoms with Crippen LogP contribution in [-0.2, 0) is 0 Å². The maximum Gasteiger partial charge on any atom is 0.329 e. The number of aromatic amines is 2. The Morgan fingerprint density at radius 2 is 1.83 bits per heavy atom. The summed E-state index contributed by atoms with van der Waals surface area (Å²) in [6.45, 7) is 4.03. The fourth-order valence-corrected chi connectivity index (χ4v) is 3.46. The van der Waals surface area contributed by atoms with Crippen molar-refractivity contribution in [1.82, 2.24) is 14.5 Å². The Bertz CT molecular complexity index is 1180. The molecule has 1 atom stereocenters. The lowest BCUT2D eigenvalue weighted by Crippen LogP contribution is -2.32. The molecule has 0 saturated carbocycles. The lowest BCUT2D eigenvalue weighted by molar-refractivity contribution is 0.624. The zero-order valence-corrected chi connectivity index (χ0v) is 13.5. The van der Waals surface area contributed by atoms with Gasteiger partial charge in [-0.3, -0.25) is 14.3 Å². The average Bonchev–Trinajstić information content (AvgIpc) is 3.00. The van der Waals surface area contributed by atoms with E-state index >= 15 is 0 Å². The lowest BCUT2D eigenvalue weighted by Gasteiger charge is -2.17. The summed E-state index contributed by atoms with van der Waals surface area (Å²) in [6, 6.07) is 13.0. The van der Waals surface area contributed by atoms with Crippen molar-refractivity contribution in [2.75, 3.05) is 0 Å². The van der Waals surface area contributed by atoms with Gasteiger partial charge >= 0.3 is 5.69 Å². The molecule has 0 unspecified atom stereocenters. The molecule has 0 saturated heterocycles. The molecule has 5 heteroatoms. The molecular formula is C19H17N3O2. The van der Waals surface area contributed by atoms with Crippen LogP contribution in [0.1, 0.15) is 24.1 Å². The number of nitrogens with one attached hydrogen (secondary N) is 2. The molecule has 0 aliphatic heterocycles. The molecule has 0 radical (unpaired) electrons. The van der Waals surface area contributed by atoms with Gasteiger partial charge in [0.05, 0.1) is 16.9 Å². The van der Waals surface area contributed by atoms with Crippen molar-refractivity contribution >= 4 is 21.8 Å². The van der Waals surface area contributed by atoms with Crippen LogP contribution in [0.15, 0.2) is 58.3 Å². The number of para-hydroxylation sites is 1. The monoisotopic (exact) mass is 319 g/mol. The zero-order valence-electron chi connectivity index (χ0n) is 13.5. The summed E-state index contributed by atoms with van der Waals surface area (Å²) in [5.74, 6) is 0. The van der Waals surface area contributed by atoms with Crippen LogP contribution < -0.4 is 11.2 Å². The van der Waals surface area contributed by atoms with Crippen molar-refractivity contribution in [3.63, 3.8) is 0 Å². The van der Waals surface area contributed by atoms with Gasteiger partial charge in [-0.05, 0) is 37.6 Å². The van der Waals surface area contributed by atoms with Crippen LogP contribution in [-0.4, -0.2) is 14.5 Å². The Morgan fingerprint density at radius 1 is 1.04 bits per heavy atom. The van der Waals surface area contributed by atoms with E-state index in [9.17, 15) is 9.59 Å². The van der Waals surface area contributed by atoms with Gasteiger partial charge in [0.25, 0.3) is 5.56 Å². The molecule has 0 bridgehead atoms. The largest absolute Gasteiger partial charge is 0.361 e. The van der Waals surface area contributed by atoms with Crippen molar-refractivity contribution < 1.29 is 0 Å². The highest BCUT2D eigenvalue weighted by Gasteiger charge is 2.18. The Hall–Kier alpha value is -3.08. The zero-order chi connectivity index (χ0) is 16.8. The van der Waals surface area contributed by atoms with Crippen LogP contribution in [0.5, 0.6) is 0 Å². The number of H-pyrrole nitrogens is 2. The van der Waals surface area contributed by atoms with Gasteiger partial charge in [0, 0.05) is 22.7 Å². The second-order valence-electron chi connectivity index (χ2n) is 6.06. The Kier molecular flexibility index (Phi) is 3.16. The van der Waals surface area contributed by atoms with E-state index < -0.39 is 5.69 Å². The summed E-state index contributed by atoms with van der Waals surface area (Å²) in [7, 11) is 0. The molecule has 2 N–H and O–H groups in total. The highest BCUT2D eigenvalue weighted by molar-refractivity contribution is 5.87. The topological polar surface area (TPSA) is 70.7 Å². The minimum atomic E-state index is -0.394. The van der Waals surface area contributed by atoms with Gasteiger partial charge in [0.15, 0.2) is 0 Å².